The number of fused-ring (bicyclic) bond motifs is 1. The molecule has 0 radical (unpaired) electrons. The van der Waals surface area contributed by atoms with E-state index in [1.165, 1.54) is 15.8 Å². The van der Waals surface area contributed by atoms with Crippen LogP contribution in [0, 0.1) is 6.92 Å². The highest BCUT2D eigenvalue weighted by Crippen LogP contribution is 2.28. The molecule has 0 unspecified atom stereocenters. The summed E-state index contributed by atoms with van der Waals surface area (Å²) in [5.74, 6) is 0. The Morgan fingerprint density at radius 2 is 1.52 bits per heavy atom. The van der Waals surface area contributed by atoms with Gasteiger partial charge in [0.15, 0.2) is 0 Å². The molecule has 27 heavy (non-hydrogen) atoms. The van der Waals surface area contributed by atoms with Gasteiger partial charge in [0.2, 0.25) is 5.52 Å². The minimum Gasteiger partial charge on any atom is -0.150 e. The lowest BCUT2D eigenvalue weighted by Gasteiger charge is -2.17. The molecule has 0 saturated heterocycles. The van der Waals surface area contributed by atoms with Crippen molar-refractivity contribution in [3.05, 3.63) is 95.5 Å². The molecule has 0 amide bonds. The second kappa shape index (κ2) is 7.63. The summed E-state index contributed by atoms with van der Waals surface area (Å²) in [6.07, 6.45) is 0. The standard InChI is InChI=1S/C23H20ClN2S/c1-17-7-14-21(15-8-17)27-23-16-9-18-5-3-4-6-22(18)26(23)25(2)20-12-10-19(24)11-13-20/h3-16H,1-2H3/q+1. The molecule has 4 rings (SSSR count). The van der Waals surface area contributed by atoms with Crippen LogP contribution in [0.5, 0.6) is 0 Å². The molecule has 1 aromatic heterocycles. The number of hydrogen-bond donors (Lipinski definition) is 0. The highest BCUT2D eigenvalue weighted by molar-refractivity contribution is 7.99. The van der Waals surface area contributed by atoms with E-state index in [0.717, 1.165) is 21.3 Å². The maximum atomic E-state index is 6.08. The first-order valence-electron chi connectivity index (χ1n) is 8.80. The number of aryl methyl sites for hydroxylation is 1. The molecule has 0 aliphatic rings. The van der Waals surface area contributed by atoms with E-state index in [2.05, 4.69) is 84.3 Å². The molecular formula is C23H20ClN2S+. The minimum absolute atomic E-state index is 0.740. The van der Waals surface area contributed by atoms with Gasteiger partial charge in [0.1, 0.15) is 0 Å². The van der Waals surface area contributed by atoms with Crippen LogP contribution in [0.3, 0.4) is 0 Å². The van der Waals surface area contributed by atoms with Gasteiger partial charge in [-0.3, -0.25) is 0 Å². The number of para-hydroxylation sites is 1. The summed E-state index contributed by atoms with van der Waals surface area (Å²) in [6.45, 7) is 2.11. The van der Waals surface area contributed by atoms with E-state index in [1.807, 2.05) is 24.3 Å². The fourth-order valence-electron chi connectivity index (χ4n) is 3.06. The van der Waals surface area contributed by atoms with Crippen molar-refractivity contribution in [3.8, 4) is 0 Å². The Kier molecular flexibility index (Phi) is 5.06. The summed E-state index contributed by atoms with van der Waals surface area (Å²) in [5, 5.41) is 5.25. The molecule has 0 fully saturated rings. The van der Waals surface area contributed by atoms with E-state index in [9.17, 15) is 0 Å². The van der Waals surface area contributed by atoms with E-state index >= 15 is 0 Å². The average molecular weight is 392 g/mol. The zero-order valence-corrected chi connectivity index (χ0v) is 16.8. The third-order valence-corrected chi connectivity index (χ3v) is 5.80. The Bertz CT molecular complexity index is 1080. The van der Waals surface area contributed by atoms with Crippen LogP contribution in [0.25, 0.3) is 10.9 Å². The second-order valence-electron chi connectivity index (χ2n) is 6.46. The normalized spacial score (nSPS) is 10.9. The van der Waals surface area contributed by atoms with Crippen LogP contribution in [0.15, 0.2) is 94.9 Å². The summed E-state index contributed by atoms with van der Waals surface area (Å²) in [4.78, 5) is 1.22. The van der Waals surface area contributed by atoms with Crippen LogP contribution in [-0.2, 0) is 0 Å². The van der Waals surface area contributed by atoms with Gasteiger partial charge in [-0.15, -0.1) is 0 Å². The number of aromatic nitrogens is 1. The molecule has 0 atom stereocenters. The first-order valence-corrected chi connectivity index (χ1v) is 9.99. The van der Waals surface area contributed by atoms with Crippen LogP contribution < -0.4 is 9.69 Å². The van der Waals surface area contributed by atoms with Crippen LogP contribution in [0.2, 0.25) is 5.02 Å². The van der Waals surface area contributed by atoms with Crippen LogP contribution in [0.4, 0.5) is 5.69 Å². The van der Waals surface area contributed by atoms with Crippen molar-refractivity contribution in [2.24, 2.45) is 0 Å². The molecule has 0 bridgehead atoms. The summed E-state index contributed by atoms with van der Waals surface area (Å²) in [6, 6.07) is 29.4. The van der Waals surface area contributed by atoms with Gasteiger partial charge in [0.25, 0.3) is 5.03 Å². The van der Waals surface area contributed by atoms with Gasteiger partial charge < -0.3 is 0 Å². The molecule has 0 aliphatic heterocycles. The van der Waals surface area contributed by atoms with Gasteiger partial charge in [-0.05, 0) is 67.2 Å². The zero-order chi connectivity index (χ0) is 18.8. The van der Waals surface area contributed by atoms with Crippen molar-refractivity contribution in [1.82, 2.24) is 0 Å². The number of rotatable bonds is 4. The first-order chi connectivity index (χ1) is 13.1. The van der Waals surface area contributed by atoms with Crippen LogP contribution in [-0.4, -0.2) is 7.05 Å². The quantitative estimate of drug-likeness (QED) is 0.386. The summed E-state index contributed by atoms with van der Waals surface area (Å²) < 4.78 is 2.25. The smallest absolute Gasteiger partial charge is 0.150 e. The Hall–Kier alpha value is -2.49. The molecule has 4 heteroatoms. The molecule has 0 spiro atoms. The van der Waals surface area contributed by atoms with Crippen molar-refractivity contribution in [2.45, 2.75) is 16.8 Å². The van der Waals surface area contributed by atoms with E-state index in [4.69, 9.17) is 11.6 Å². The lowest BCUT2D eigenvalue weighted by Crippen LogP contribution is -2.54. The third kappa shape index (κ3) is 3.80. The van der Waals surface area contributed by atoms with Gasteiger partial charge in [-0.2, -0.15) is 5.01 Å². The zero-order valence-electron chi connectivity index (χ0n) is 15.3. The van der Waals surface area contributed by atoms with Crippen molar-refractivity contribution < 1.29 is 4.68 Å². The Morgan fingerprint density at radius 3 is 2.26 bits per heavy atom. The van der Waals surface area contributed by atoms with Gasteiger partial charge in [0, 0.05) is 27.4 Å². The van der Waals surface area contributed by atoms with Crippen molar-refractivity contribution in [1.29, 1.82) is 0 Å². The molecule has 3 aromatic carbocycles. The Balaban J connectivity index is 1.84. The van der Waals surface area contributed by atoms with Gasteiger partial charge in [0.05, 0.1) is 12.7 Å². The highest BCUT2D eigenvalue weighted by Gasteiger charge is 2.22. The predicted molar refractivity (Wildman–Crippen MR) is 115 cm³/mol. The van der Waals surface area contributed by atoms with Crippen LogP contribution >= 0.6 is 23.4 Å². The molecule has 2 nitrogen and oxygen atoms in total. The molecule has 1 heterocycles. The number of anilines is 1. The number of hydrogen-bond acceptors (Lipinski definition) is 2. The minimum atomic E-state index is 0.740. The highest BCUT2D eigenvalue weighted by atomic mass is 35.5. The molecule has 134 valence electrons. The van der Waals surface area contributed by atoms with Gasteiger partial charge in [-0.1, -0.05) is 46.1 Å². The van der Waals surface area contributed by atoms with E-state index in [1.54, 1.807) is 11.8 Å². The van der Waals surface area contributed by atoms with Crippen LogP contribution in [0.1, 0.15) is 5.56 Å². The van der Waals surface area contributed by atoms with Crippen molar-refractivity contribution in [3.63, 3.8) is 0 Å². The van der Waals surface area contributed by atoms with Crippen molar-refractivity contribution >= 4 is 40.0 Å². The summed E-state index contributed by atoms with van der Waals surface area (Å²) in [7, 11) is 2.08. The molecular weight excluding hydrogens is 372 g/mol. The first kappa shape index (κ1) is 17.9. The van der Waals surface area contributed by atoms with E-state index < -0.39 is 0 Å². The largest absolute Gasteiger partial charge is 0.275 e. The monoisotopic (exact) mass is 391 g/mol. The Labute approximate surface area is 169 Å². The second-order valence-corrected chi connectivity index (χ2v) is 7.99. The number of pyridine rings is 1. The number of halogens is 1. The number of benzene rings is 3. The lowest BCUT2D eigenvalue weighted by molar-refractivity contribution is -0.692. The molecule has 0 N–H and O–H groups in total. The van der Waals surface area contributed by atoms with Gasteiger partial charge in [-0.25, -0.2) is 0 Å². The predicted octanol–water partition coefficient (Wildman–Crippen LogP) is 6.14. The molecule has 4 aromatic rings. The average Bonchev–Trinajstić information content (AvgIpc) is 2.69. The van der Waals surface area contributed by atoms with E-state index in [0.29, 0.717) is 0 Å². The third-order valence-electron chi connectivity index (χ3n) is 4.52. The van der Waals surface area contributed by atoms with E-state index in [-0.39, 0.29) is 0 Å². The Morgan fingerprint density at radius 1 is 0.815 bits per heavy atom. The molecule has 0 saturated carbocycles. The fourth-order valence-corrected chi connectivity index (χ4v) is 4.14. The summed E-state index contributed by atoms with van der Waals surface area (Å²) >= 11 is 7.84. The lowest BCUT2D eigenvalue weighted by atomic mass is 10.2. The maximum Gasteiger partial charge on any atom is 0.275 e. The topological polar surface area (TPSA) is 7.12 Å². The maximum absolute atomic E-state index is 6.08. The van der Waals surface area contributed by atoms with Crippen molar-refractivity contribution in [2.75, 3.05) is 12.1 Å². The fraction of sp³-hybridized carbons (Fsp3) is 0.0870. The molecule has 0 aliphatic carbocycles. The van der Waals surface area contributed by atoms with Gasteiger partial charge >= 0.3 is 0 Å². The SMILES string of the molecule is Cc1ccc(Sc2ccc3ccccc3[n+]2N(C)c2ccc(Cl)cc2)cc1. The summed E-state index contributed by atoms with van der Waals surface area (Å²) in [5.41, 5.74) is 3.50. The number of nitrogens with zero attached hydrogens (tertiary/aromatic N) is 2.